The summed E-state index contributed by atoms with van der Waals surface area (Å²) in [5.74, 6) is -2.72. The first-order valence-corrected chi connectivity index (χ1v) is 8.64. The highest BCUT2D eigenvalue weighted by Crippen LogP contribution is 2.27. The van der Waals surface area contributed by atoms with Crippen LogP contribution < -0.4 is 15.4 Å². The van der Waals surface area contributed by atoms with Crippen LogP contribution in [0.4, 0.5) is 8.78 Å². The molecule has 0 bridgehead atoms. The van der Waals surface area contributed by atoms with Crippen molar-refractivity contribution in [2.45, 2.75) is 25.1 Å². The Morgan fingerprint density at radius 1 is 1.33 bits per heavy atom. The van der Waals surface area contributed by atoms with E-state index in [-0.39, 0.29) is 23.0 Å². The lowest BCUT2D eigenvalue weighted by molar-refractivity contribution is -0.116. The lowest BCUT2D eigenvalue weighted by Crippen LogP contribution is -2.27. The Morgan fingerprint density at radius 3 is 2.74 bits per heavy atom. The van der Waals surface area contributed by atoms with E-state index in [2.05, 4.69) is 10.6 Å². The first kappa shape index (κ1) is 20.6. The Morgan fingerprint density at radius 2 is 2.07 bits per heavy atom. The van der Waals surface area contributed by atoms with Crippen LogP contribution in [0.25, 0.3) is 0 Å². The molecule has 1 aromatic carbocycles. The average molecular weight is 397 g/mol. The van der Waals surface area contributed by atoms with Crippen LogP contribution in [0.2, 0.25) is 0 Å². The molecule has 0 saturated heterocycles. The maximum absolute atomic E-state index is 13.9. The van der Waals surface area contributed by atoms with Gasteiger partial charge in [-0.3, -0.25) is 9.59 Å². The van der Waals surface area contributed by atoms with Gasteiger partial charge in [-0.15, -0.1) is 11.6 Å². The van der Waals surface area contributed by atoms with Crippen LogP contribution in [0.3, 0.4) is 0 Å². The van der Waals surface area contributed by atoms with Crippen LogP contribution in [-0.2, 0) is 9.59 Å². The molecule has 0 radical (unpaired) electrons. The molecule has 27 heavy (non-hydrogen) atoms. The summed E-state index contributed by atoms with van der Waals surface area (Å²) < 4.78 is 32.5. The number of hydrogen-bond acceptors (Lipinski definition) is 3. The molecule has 0 fully saturated rings. The lowest BCUT2D eigenvalue weighted by atomic mass is 10.1. The molecule has 8 heteroatoms. The van der Waals surface area contributed by atoms with Gasteiger partial charge in [0.25, 0.3) is 5.91 Å². The minimum atomic E-state index is -0.901. The minimum absolute atomic E-state index is 0.0586. The summed E-state index contributed by atoms with van der Waals surface area (Å²) in [6.45, 7) is 1.55. The highest BCUT2D eigenvalue weighted by molar-refractivity contribution is 6.22. The first-order chi connectivity index (χ1) is 12.8. The molecule has 2 amide bonds. The van der Waals surface area contributed by atoms with Crippen molar-refractivity contribution in [1.82, 2.24) is 10.6 Å². The van der Waals surface area contributed by atoms with Gasteiger partial charge in [0.15, 0.2) is 11.6 Å². The van der Waals surface area contributed by atoms with Crippen LogP contribution in [0, 0.1) is 11.6 Å². The summed E-state index contributed by atoms with van der Waals surface area (Å²) in [6.07, 6.45) is 5.41. The van der Waals surface area contributed by atoms with Gasteiger partial charge < -0.3 is 15.4 Å². The Bertz CT molecular complexity index is 834. The van der Waals surface area contributed by atoms with Crippen molar-refractivity contribution in [2.24, 2.45) is 0 Å². The SMILES string of the molecule is CNC(=O)/C=C(\C)NC(=O)C1=CCC[C@@H](Cl)C=C1Oc1ccc(F)cc1F. The molecule has 0 spiro atoms. The van der Waals surface area contributed by atoms with Crippen LogP contribution in [0.5, 0.6) is 5.75 Å². The van der Waals surface area contributed by atoms with Crippen molar-refractivity contribution in [3.8, 4) is 5.75 Å². The number of amides is 2. The molecule has 0 unspecified atom stereocenters. The fourth-order valence-corrected chi connectivity index (χ4v) is 2.59. The molecule has 0 aliphatic heterocycles. The maximum atomic E-state index is 13.9. The Balaban J connectivity index is 2.27. The van der Waals surface area contributed by atoms with Gasteiger partial charge in [-0.25, -0.2) is 8.78 Å². The molecule has 0 heterocycles. The van der Waals surface area contributed by atoms with Crippen LogP contribution >= 0.6 is 11.6 Å². The first-order valence-electron chi connectivity index (χ1n) is 8.21. The number of benzene rings is 1. The molecule has 0 saturated carbocycles. The van der Waals surface area contributed by atoms with E-state index in [1.54, 1.807) is 13.0 Å². The minimum Gasteiger partial charge on any atom is -0.454 e. The summed E-state index contributed by atoms with van der Waals surface area (Å²) in [7, 11) is 1.47. The van der Waals surface area contributed by atoms with E-state index in [1.165, 1.54) is 19.2 Å². The average Bonchev–Trinajstić information content (AvgIpc) is 2.78. The van der Waals surface area contributed by atoms with Crippen molar-refractivity contribution in [3.05, 3.63) is 65.1 Å². The van der Waals surface area contributed by atoms with E-state index in [1.807, 2.05) is 0 Å². The topological polar surface area (TPSA) is 67.4 Å². The standard InChI is InChI=1S/C19H19ClF2N2O3/c1-11(8-18(25)23-2)24-19(26)14-5-3-4-12(20)9-17(14)27-16-7-6-13(21)10-15(16)22/h5-10,12H,3-4H2,1-2H3,(H,23,25)(H,24,26)/b11-8+/t12-/m1/s1. The Hall–Kier alpha value is -2.67. The fourth-order valence-electron chi connectivity index (χ4n) is 2.35. The van der Waals surface area contributed by atoms with Gasteiger partial charge in [0.05, 0.1) is 11.0 Å². The van der Waals surface area contributed by atoms with Gasteiger partial charge in [-0.05, 0) is 38.0 Å². The quantitative estimate of drug-likeness (QED) is 0.592. The smallest absolute Gasteiger partial charge is 0.258 e. The number of nitrogens with one attached hydrogen (secondary N) is 2. The summed E-state index contributed by atoms with van der Waals surface area (Å²) in [5, 5.41) is 4.56. The molecule has 1 aromatic rings. The molecule has 1 aliphatic rings. The number of ether oxygens (including phenoxy) is 1. The zero-order valence-electron chi connectivity index (χ0n) is 14.8. The molecule has 144 valence electrons. The molecule has 0 aromatic heterocycles. The third kappa shape index (κ3) is 5.92. The number of allylic oxidation sites excluding steroid dienone is 3. The van der Waals surface area contributed by atoms with Gasteiger partial charge in [0, 0.05) is 24.9 Å². The van der Waals surface area contributed by atoms with Gasteiger partial charge in [0.1, 0.15) is 11.6 Å². The highest BCUT2D eigenvalue weighted by atomic mass is 35.5. The van der Waals surface area contributed by atoms with Crippen LogP contribution in [0.1, 0.15) is 19.8 Å². The summed E-state index contributed by atoms with van der Waals surface area (Å²) in [4.78, 5) is 24.0. The van der Waals surface area contributed by atoms with E-state index in [0.29, 0.717) is 24.6 Å². The number of likely N-dealkylation sites (N-methyl/N-ethyl adjacent to an activating group) is 1. The number of rotatable bonds is 5. The van der Waals surface area contributed by atoms with E-state index < -0.39 is 22.9 Å². The monoisotopic (exact) mass is 396 g/mol. The van der Waals surface area contributed by atoms with E-state index >= 15 is 0 Å². The molecule has 1 aliphatic carbocycles. The maximum Gasteiger partial charge on any atom is 0.258 e. The predicted octanol–water partition coefficient (Wildman–Crippen LogP) is 3.32. The molecule has 1 atom stereocenters. The molecule has 2 rings (SSSR count). The molecular formula is C19H19ClF2N2O3. The van der Waals surface area contributed by atoms with Gasteiger partial charge in [-0.2, -0.15) is 0 Å². The third-order valence-electron chi connectivity index (χ3n) is 3.65. The molecular weight excluding hydrogens is 378 g/mol. The lowest BCUT2D eigenvalue weighted by Gasteiger charge is -2.14. The zero-order valence-corrected chi connectivity index (χ0v) is 15.6. The second-order valence-electron chi connectivity index (χ2n) is 5.81. The molecule has 5 nitrogen and oxygen atoms in total. The van der Waals surface area contributed by atoms with Crippen molar-refractivity contribution in [1.29, 1.82) is 0 Å². The van der Waals surface area contributed by atoms with Crippen molar-refractivity contribution in [3.63, 3.8) is 0 Å². The summed E-state index contributed by atoms with van der Waals surface area (Å²) in [5.41, 5.74) is 0.464. The summed E-state index contributed by atoms with van der Waals surface area (Å²) >= 11 is 6.17. The van der Waals surface area contributed by atoms with E-state index in [4.69, 9.17) is 16.3 Å². The largest absolute Gasteiger partial charge is 0.454 e. The number of carbonyl (C=O) groups excluding carboxylic acids is 2. The summed E-state index contributed by atoms with van der Waals surface area (Å²) in [6, 6.07) is 2.87. The second kappa shape index (κ2) is 9.32. The van der Waals surface area contributed by atoms with Crippen LogP contribution in [-0.4, -0.2) is 24.2 Å². The van der Waals surface area contributed by atoms with Crippen molar-refractivity contribution < 1.29 is 23.1 Å². The van der Waals surface area contributed by atoms with Gasteiger partial charge >= 0.3 is 0 Å². The number of carbonyl (C=O) groups is 2. The fraction of sp³-hybridized carbons (Fsp3) is 0.263. The van der Waals surface area contributed by atoms with Gasteiger partial charge in [0.2, 0.25) is 5.91 Å². The van der Waals surface area contributed by atoms with Crippen LogP contribution in [0.15, 0.2) is 53.5 Å². The Kier molecular flexibility index (Phi) is 7.12. The second-order valence-corrected chi connectivity index (χ2v) is 6.38. The normalized spacial score (nSPS) is 17.4. The number of hydrogen-bond donors (Lipinski definition) is 2. The zero-order chi connectivity index (χ0) is 20.0. The molecule has 2 N–H and O–H groups in total. The third-order valence-corrected chi connectivity index (χ3v) is 4.00. The van der Waals surface area contributed by atoms with E-state index in [0.717, 1.165) is 12.1 Å². The van der Waals surface area contributed by atoms with Gasteiger partial charge in [-0.1, -0.05) is 6.08 Å². The van der Waals surface area contributed by atoms with Crippen molar-refractivity contribution in [2.75, 3.05) is 7.05 Å². The Labute approximate surface area is 160 Å². The van der Waals surface area contributed by atoms with E-state index in [9.17, 15) is 18.4 Å². The predicted molar refractivity (Wildman–Crippen MR) is 98.0 cm³/mol. The number of alkyl halides is 1. The van der Waals surface area contributed by atoms with Crippen molar-refractivity contribution >= 4 is 23.4 Å². The number of halogens is 3. The highest BCUT2D eigenvalue weighted by Gasteiger charge is 2.22.